The van der Waals surface area contributed by atoms with Crippen molar-refractivity contribution < 1.29 is 0 Å². The van der Waals surface area contributed by atoms with Crippen LogP contribution in [-0.2, 0) is 5.41 Å². The molecule has 0 fully saturated rings. The molecular formula is C47H25N3S2. The highest BCUT2D eigenvalue weighted by Gasteiger charge is 2.51. The second kappa shape index (κ2) is 9.59. The molecule has 2 aliphatic carbocycles. The summed E-state index contributed by atoms with van der Waals surface area (Å²) in [6.07, 6.45) is 3.68. The molecule has 240 valence electrons. The first-order chi connectivity index (χ1) is 25.8. The van der Waals surface area contributed by atoms with E-state index in [0.717, 1.165) is 10.2 Å². The van der Waals surface area contributed by atoms with E-state index in [1.54, 1.807) is 6.33 Å². The summed E-state index contributed by atoms with van der Waals surface area (Å²) in [5.41, 5.74) is 14.9. The lowest BCUT2D eigenvalue weighted by Gasteiger charge is -2.30. The third kappa shape index (κ3) is 3.11. The van der Waals surface area contributed by atoms with Crippen molar-refractivity contribution in [2.75, 3.05) is 0 Å². The number of hydrogen-bond acceptors (Lipinski definition) is 4. The van der Waals surface area contributed by atoms with Crippen molar-refractivity contribution in [2.24, 2.45) is 0 Å². The molecule has 4 aromatic heterocycles. The number of fused-ring (bicyclic) bond motifs is 22. The molecule has 11 aromatic rings. The summed E-state index contributed by atoms with van der Waals surface area (Å²) in [6.45, 7) is 0. The maximum Gasteiger partial charge on any atom is 0.116 e. The topological polar surface area (TPSA) is 30.7 Å². The van der Waals surface area contributed by atoms with Gasteiger partial charge < -0.3 is 4.57 Å². The molecular weight excluding hydrogens is 671 g/mol. The number of benzene rings is 7. The van der Waals surface area contributed by atoms with Crippen LogP contribution >= 0.6 is 22.7 Å². The Morgan fingerprint density at radius 2 is 1.10 bits per heavy atom. The summed E-state index contributed by atoms with van der Waals surface area (Å²) in [4.78, 5) is 9.37. The van der Waals surface area contributed by atoms with Gasteiger partial charge in [0.2, 0.25) is 0 Å². The highest BCUT2D eigenvalue weighted by atomic mass is 32.1. The van der Waals surface area contributed by atoms with E-state index in [4.69, 9.17) is 4.98 Å². The molecule has 0 N–H and O–H groups in total. The minimum absolute atomic E-state index is 0.411. The summed E-state index contributed by atoms with van der Waals surface area (Å²) >= 11 is 3.72. The molecule has 7 aromatic carbocycles. The van der Waals surface area contributed by atoms with Gasteiger partial charge in [-0.05, 0) is 68.8 Å². The van der Waals surface area contributed by atoms with E-state index in [0.29, 0.717) is 0 Å². The predicted octanol–water partition coefficient (Wildman–Crippen LogP) is 12.7. The normalized spacial score (nSPS) is 13.9. The van der Waals surface area contributed by atoms with E-state index >= 15 is 0 Å². The minimum atomic E-state index is -0.411. The lowest BCUT2D eigenvalue weighted by Crippen LogP contribution is -2.26. The van der Waals surface area contributed by atoms with Crippen LogP contribution in [0.25, 0.3) is 90.2 Å². The zero-order valence-electron chi connectivity index (χ0n) is 27.6. The van der Waals surface area contributed by atoms with Gasteiger partial charge in [0.15, 0.2) is 0 Å². The summed E-state index contributed by atoms with van der Waals surface area (Å²) in [7, 11) is 0. The summed E-state index contributed by atoms with van der Waals surface area (Å²) in [5, 5.41) is 6.35. The first-order valence-corrected chi connectivity index (χ1v) is 19.3. The van der Waals surface area contributed by atoms with Crippen molar-refractivity contribution in [1.82, 2.24) is 14.5 Å². The maximum absolute atomic E-state index is 4.92. The molecule has 0 radical (unpaired) electrons. The average Bonchev–Trinajstić information content (AvgIpc) is 3.99. The SMILES string of the molecule is c1ccc2c(c1)-c1ccccc1C21c2ccccc2-c2ccc(-n3c4ccccc4c4c5c6ncncc6sc5c5sc6ccccc6c5c43)cc21. The van der Waals surface area contributed by atoms with Crippen molar-refractivity contribution in [3.8, 4) is 27.9 Å². The Bertz CT molecular complexity index is 3320. The number of thiophene rings is 2. The van der Waals surface area contributed by atoms with Gasteiger partial charge in [-0.1, -0.05) is 115 Å². The van der Waals surface area contributed by atoms with E-state index in [-0.39, 0.29) is 0 Å². The molecule has 3 nitrogen and oxygen atoms in total. The van der Waals surface area contributed by atoms with Crippen molar-refractivity contribution >= 4 is 85.0 Å². The fraction of sp³-hybridized carbons (Fsp3) is 0.0213. The Balaban J connectivity index is 1.24. The third-order valence-electron chi connectivity index (χ3n) is 11.8. The van der Waals surface area contributed by atoms with E-state index in [2.05, 4.69) is 149 Å². The number of hydrogen-bond donors (Lipinski definition) is 0. The fourth-order valence-corrected chi connectivity index (χ4v) is 12.4. The third-order valence-corrected chi connectivity index (χ3v) is 14.2. The molecule has 0 bridgehead atoms. The quantitative estimate of drug-likeness (QED) is 0.171. The van der Waals surface area contributed by atoms with Gasteiger partial charge >= 0.3 is 0 Å². The number of rotatable bonds is 1. The van der Waals surface area contributed by atoms with Crippen LogP contribution in [0.5, 0.6) is 0 Å². The van der Waals surface area contributed by atoms with E-state index in [1.807, 2.05) is 28.9 Å². The summed E-state index contributed by atoms with van der Waals surface area (Å²) in [5.74, 6) is 0. The van der Waals surface area contributed by atoms with Gasteiger partial charge in [0.25, 0.3) is 0 Å². The molecule has 0 aliphatic heterocycles. The van der Waals surface area contributed by atoms with Crippen molar-refractivity contribution in [2.45, 2.75) is 5.41 Å². The van der Waals surface area contributed by atoms with Crippen LogP contribution in [0.2, 0.25) is 0 Å². The van der Waals surface area contributed by atoms with Crippen LogP contribution in [0, 0.1) is 0 Å². The summed E-state index contributed by atoms with van der Waals surface area (Å²) in [6, 6.07) is 52.3. The van der Waals surface area contributed by atoms with Crippen molar-refractivity contribution in [3.05, 3.63) is 174 Å². The minimum Gasteiger partial charge on any atom is -0.309 e. The Morgan fingerprint density at radius 3 is 1.85 bits per heavy atom. The molecule has 4 heterocycles. The maximum atomic E-state index is 4.92. The van der Waals surface area contributed by atoms with Crippen molar-refractivity contribution in [3.63, 3.8) is 0 Å². The second-order valence-corrected chi connectivity index (χ2v) is 16.1. The molecule has 0 amide bonds. The Hall–Kier alpha value is -6.14. The van der Waals surface area contributed by atoms with Gasteiger partial charge in [-0.15, -0.1) is 22.7 Å². The molecule has 0 saturated heterocycles. The smallest absolute Gasteiger partial charge is 0.116 e. The van der Waals surface area contributed by atoms with Gasteiger partial charge in [0.05, 0.1) is 36.1 Å². The van der Waals surface area contributed by atoms with Crippen LogP contribution in [0.15, 0.2) is 152 Å². The van der Waals surface area contributed by atoms with Crippen LogP contribution in [0.1, 0.15) is 22.3 Å². The van der Waals surface area contributed by atoms with E-state index < -0.39 is 5.41 Å². The fourth-order valence-electron chi connectivity index (χ4n) is 9.90. The zero-order chi connectivity index (χ0) is 33.7. The molecule has 1 spiro atoms. The van der Waals surface area contributed by atoms with Crippen molar-refractivity contribution in [1.29, 1.82) is 0 Å². The monoisotopic (exact) mass is 695 g/mol. The van der Waals surface area contributed by atoms with Crippen LogP contribution < -0.4 is 0 Å². The number of nitrogens with zero attached hydrogens (tertiary/aromatic N) is 3. The zero-order valence-corrected chi connectivity index (χ0v) is 29.2. The molecule has 2 aliphatic rings. The highest BCUT2D eigenvalue weighted by molar-refractivity contribution is 7.33. The molecule has 5 heteroatoms. The molecule has 0 atom stereocenters. The van der Waals surface area contributed by atoms with Gasteiger partial charge in [-0.3, -0.25) is 0 Å². The van der Waals surface area contributed by atoms with Gasteiger partial charge in [0.1, 0.15) is 6.33 Å². The highest BCUT2D eigenvalue weighted by Crippen LogP contribution is 2.63. The molecule has 52 heavy (non-hydrogen) atoms. The Kier molecular flexibility index (Phi) is 5.08. The van der Waals surface area contributed by atoms with Crippen LogP contribution in [-0.4, -0.2) is 14.5 Å². The standard InChI is InChI=1S/C47H25N3S2/c1-6-16-33-27(11-1)28-12-2-7-17-34(28)47(33)35-18-8-3-13-29(35)30-22-21-26(23-36(30)47)50-37-19-9-4-14-31(37)40-42-43-39(24-48-25-49-43)52-46(42)45-41(44(40)50)32-15-5-10-20-38(32)51-45/h1-25H. The Labute approximate surface area is 305 Å². The largest absolute Gasteiger partial charge is 0.309 e. The lowest BCUT2D eigenvalue weighted by atomic mass is 9.70. The molecule has 0 saturated carbocycles. The predicted molar refractivity (Wildman–Crippen MR) is 218 cm³/mol. The van der Waals surface area contributed by atoms with Crippen LogP contribution in [0.3, 0.4) is 0 Å². The first kappa shape index (κ1) is 27.6. The van der Waals surface area contributed by atoms with Crippen LogP contribution in [0.4, 0.5) is 0 Å². The average molecular weight is 696 g/mol. The van der Waals surface area contributed by atoms with Gasteiger partial charge in [-0.2, -0.15) is 0 Å². The Morgan fingerprint density at radius 1 is 0.500 bits per heavy atom. The molecule has 0 unspecified atom stereocenters. The first-order valence-electron chi connectivity index (χ1n) is 17.6. The lowest BCUT2D eigenvalue weighted by molar-refractivity contribution is 0.792. The van der Waals surface area contributed by atoms with E-state index in [1.165, 1.54) is 102 Å². The van der Waals surface area contributed by atoms with Gasteiger partial charge in [-0.25, -0.2) is 9.97 Å². The molecule has 13 rings (SSSR count). The summed E-state index contributed by atoms with van der Waals surface area (Å²) < 4.78 is 7.59. The number of aromatic nitrogens is 3. The van der Waals surface area contributed by atoms with Gasteiger partial charge in [0, 0.05) is 43.5 Å². The number of para-hydroxylation sites is 1. The van der Waals surface area contributed by atoms with E-state index in [9.17, 15) is 0 Å². The second-order valence-electron chi connectivity index (χ2n) is 14.0.